The minimum absolute atomic E-state index is 0.135. The standard InChI is InChI=1S/C14H20F3NO2/c1-9(2)8-20-13-6-10(4-5-18)12(19-3)7-11(13)14(15,16)17/h6-7,9H,4-5,8,18H2,1-3H3. The summed E-state index contributed by atoms with van der Waals surface area (Å²) in [7, 11) is 1.34. The predicted octanol–water partition coefficient (Wildman–Crippen LogP) is 3.25. The van der Waals surface area contributed by atoms with Gasteiger partial charge in [-0.3, -0.25) is 0 Å². The molecule has 114 valence electrons. The number of alkyl halides is 3. The van der Waals surface area contributed by atoms with Crippen molar-refractivity contribution in [1.82, 2.24) is 0 Å². The van der Waals surface area contributed by atoms with Gasteiger partial charge < -0.3 is 15.2 Å². The molecule has 1 aromatic rings. The number of benzene rings is 1. The Morgan fingerprint density at radius 1 is 1.20 bits per heavy atom. The summed E-state index contributed by atoms with van der Waals surface area (Å²) in [4.78, 5) is 0. The topological polar surface area (TPSA) is 44.5 Å². The lowest BCUT2D eigenvalue weighted by Crippen LogP contribution is -2.13. The highest BCUT2D eigenvalue weighted by molar-refractivity contribution is 5.48. The van der Waals surface area contributed by atoms with Gasteiger partial charge in [-0.2, -0.15) is 13.2 Å². The molecule has 0 unspecified atom stereocenters. The van der Waals surface area contributed by atoms with E-state index in [0.29, 0.717) is 18.5 Å². The fourth-order valence-corrected chi connectivity index (χ4v) is 1.74. The minimum atomic E-state index is -4.49. The molecule has 0 heterocycles. The molecule has 2 N–H and O–H groups in total. The summed E-state index contributed by atoms with van der Waals surface area (Å²) in [5.74, 6) is 0.145. The van der Waals surface area contributed by atoms with Gasteiger partial charge in [0.05, 0.1) is 13.7 Å². The number of nitrogens with two attached hydrogens (primary N) is 1. The number of hydrogen-bond acceptors (Lipinski definition) is 3. The van der Waals surface area contributed by atoms with E-state index >= 15 is 0 Å². The van der Waals surface area contributed by atoms with Crippen LogP contribution in [0.2, 0.25) is 0 Å². The Morgan fingerprint density at radius 2 is 1.85 bits per heavy atom. The van der Waals surface area contributed by atoms with Crippen molar-refractivity contribution >= 4 is 0 Å². The van der Waals surface area contributed by atoms with E-state index in [4.69, 9.17) is 15.2 Å². The van der Waals surface area contributed by atoms with Crippen LogP contribution in [-0.2, 0) is 12.6 Å². The molecule has 1 aromatic carbocycles. The zero-order chi connectivity index (χ0) is 15.3. The van der Waals surface area contributed by atoms with E-state index in [-0.39, 0.29) is 24.0 Å². The molecule has 0 saturated carbocycles. The van der Waals surface area contributed by atoms with Gasteiger partial charge >= 0.3 is 6.18 Å². The lowest BCUT2D eigenvalue weighted by molar-refractivity contribution is -0.139. The van der Waals surface area contributed by atoms with Crippen molar-refractivity contribution in [3.05, 3.63) is 23.3 Å². The molecule has 0 fully saturated rings. The summed E-state index contributed by atoms with van der Waals surface area (Å²) in [5, 5.41) is 0. The van der Waals surface area contributed by atoms with Crippen LogP contribution in [0.5, 0.6) is 11.5 Å². The van der Waals surface area contributed by atoms with Crippen LogP contribution < -0.4 is 15.2 Å². The Hall–Kier alpha value is -1.43. The monoisotopic (exact) mass is 291 g/mol. The third-order valence-corrected chi connectivity index (χ3v) is 2.67. The van der Waals surface area contributed by atoms with E-state index in [1.54, 1.807) is 0 Å². The first kappa shape index (κ1) is 16.6. The Kier molecular flexibility index (Phi) is 5.68. The van der Waals surface area contributed by atoms with Gasteiger partial charge in [0, 0.05) is 0 Å². The highest BCUT2D eigenvalue weighted by atomic mass is 19.4. The lowest BCUT2D eigenvalue weighted by Gasteiger charge is -2.18. The molecule has 0 saturated heterocycles. The van der Waals surface area contributed by atoms with Crippen LogP contribution in [0.3, 0.4) is 0 Å². The number of hydrogen-bond donors (Lipinski definition) is 1. The number of ether oxygens (including phenoxy) is 2. The van der Waals surface area contributed by atoms with Crippen LogP contribution in [0.4, 0.5) is 13.2 Å². The van der Waals surface area contributed by atoms with Crippen molar-refractivity contribution in [2.75, 3.05) is 20.3 Å². The molecule has 3 nitrogen and oxygen atoms in total. The molecule has 0 atom stereocenters. The third-order valence-electron chi connectivity index (χ3n) is 2.67. The first-order valence-corrected chi connectivity index (χ1v) is 6.40. The predicted molar refractivity (Wildman–Crippen MR) is 71.1 cm³/mol. The molecule has 0 spiro atoms. The second kappa shape index (κ2) is 6.83. The van der Waals surface area contributed by atoms with Gasteiger partial charge in [-0.05, 0) is 36.6 Å². The fourth-order valence-electron chi connectivity index (χ4n) is 1.74. The molecule has 1 rings (SSSR count). The normalized spacial score (nSPS) is 11.8. The van der Waals surface area contributed by atoms with Crippen LogP contribution >= 0.6 is 0 Å². The van der Waals surface area contributed by atoms with E-state index in [2.05, 4.69) is 0 Å². The minimum Gasteiger partial charge on any atom is -0.496 e. The maximum Gasteiger partial charge on any atom is 0.420 e. The van der Waals surface area contributed by atoms with Gasteiger partial charge in [0.2, 0.25) is 0 Å². The quantitative estimate of drug-likeness (QED) is 0.875. The summed E-state index contributed by atoms with van der Waals surface area (Å²) in [5.41, 5.74) is 5.25. The highest BCUT2D eigenvalue weighted by Gasteiger charge is 2.35. The van der Waals surface area contributed by atoms with Gasteiger partial charge in [-0.25, -0.2) is 0 Å². The van der Waals surface area contributed by atoms with E-state index in [1.807, 2.05) is 13.8 Å². The van der Waals surface area contributed by atoms with Crippen LogP contribution in [-0.4, -0.2) is 20.3 Å². The molecule has 6 heteroatoms. The zero-order valence-corrected chi connectivity index (χ0v) is 11.9. The molecule has 0 aliphatic rings. The largest absolute Gasteiger partial charge is 0.496 e. The maximum atomic E-state index is 13.0. The van der Waals surface area contributed by atoms with E-state index in [9.17, 15) is 13.2 Å². The number of halogens is 3. The van der Waals surface area contributed by atoms with Crippen LogP contribution in [0, 0.1) is 5.92 Å². The van der Waals surface area contributed by atoms with E-state index in [0.717, 1.165) is 6.07 Å². The van der Waals surface area contributed by atoms with Crippen molar-refractivity contribution in [2.45, 2.75) is 26.4 Å². The van der Waals surface area contributed by atoms with Gasteiger partial charge in [0.25, 0.3) is 0 Å². The second-order valence-corrected chi connectivity index (χ2v) is 4.90. The maximum absolute atomic E-state index is 13.0. The van der Waals surface area contributed by atoms with Gasteiger partial charge in [-0.1, -0.05) is 13.8 Å². The summed E-state index contributed by atoms with van der Waals surface area (Å²) in [6.45, 7) is 4.29. The Morgan fingerprint density at radius 3 is 2.30 bits per heavy atom. The van der Waals surface area contributed by atoms with Crippen LogP contribution in [0.25, 0.3) is 0 Å². The Balaban J connectivity index is 3.24. The summed E-state index contributed by atoms with van der Waals surface area (Å²) in [6, 6.07) is 2.34. The summed E-state index contributed by atoms with van der Waals surface area (Å²) < 4.78 is 49.4. The molecule has 0 radical (unpaired) electrons. The molecule has 0 aliphatic carbocycles. The van der Waals surface area contributed by atoms with Crippen molar-refractivity contribution in [3.8, 4) is 11.5 Å². The van der Waals surface area contributed by atoms with E-state index in [1.165, 1.54) is 13.2 Å². The van der Waals surface area contributed by atoms with Crippen molar-refractivity contribution in [3.63, 3.8) is 0 Å². The first-order valence-electron chi connectivity index (χ1n) is 6.40. The molecule has 0 aliphatic heterocycles. The SMILES string of the molecule is COc1cc(C(F)(F)F)c(OCC(C)C)cc1CCN. The van der Waals surface area contributed by atoms with Gasteiger partial charge in [0.1, 0.15) is 17.1 Å². The fraction of sp³-hybridized carbons (Fsp3) is 0.571. The molecule has 0 amide bonds. The smallest absolute Gasteiger partial charge is 0.420 e. The van der Waals surface area contributed by atoms with Crippen LogP contribution in [0.1, 0.15) is 25.0 Å². The zero-order valence-electron chi connectivity index (χ0n) is 11.9. The summed E-state index contributed by atoms with van der Waals surface area (Å²) >= 11 is 0. The molecular weight excluding hydrogens is 271 g/mol. The molecular formula is C14H20F3NO2. The average Bonchev–Trinajstić information content (AvgIpc) is 2.35. The Bertz CT molecular complexity index is 445. The summed E-state index contributed by atoms with van der Waals surface area (Å²) in [6.07, 6.45) is -4.06. The molecule has 0 aromatic heterocycles. The first-order chi connectivity index (χ1) is 9.29. The van der Waals surface area contributed by atoms with Crippen molar-refractivity contribution < 1.29 is 22.6 Å². The van der Waals surface area contributed by atoms with Crippen LogP contribution in [0.15, 0.2) is 12.1 Å². The Labute approximate surface area is 116 Å². The number of rotatable bonds is 6. The molecule has 0 bridgehead atoms. The average molecular weight is 291 g/mol. The third kappa shape index (κ3) is 4.30. The number of methoxy groups -OCH3 is 1. The highest BCUT2D eigenvalue weighted by Crippen LogP contribution is 2.40. The van der Waals surface area contributed by atoms with E-state index < -0.39 is 11.7 Å². The van der Waals surface area contributed by atoms with Crippen molar-refractivity contribution in [1.29, 1.82) is 0 Å². The molecule has 20 heavy (non-hydrogen) atoms. The van der Waals surface area contributed by atoms with Gasteiger partial charge in [-0.15, -0.1) is 0 Å². The van der Waals surface area contributed by atoms with Crippen molar-refractivity contribution in [2.24, 2.45) is 11.7 Å². The lowest BCUT2D eigenvalue weighted by atomic mass is 10.1. The van der Waals surface area contributed by atoms with Gasteiger partial charge in [0.15, 0.2) is 0 Å². The second-order valence-electron chi connectivity index (χ2n) is 4.90.